The van der Waals surface area contributed by atoms with Crippen LogP contribution in [0.4, 0.5) is 11.4 Å². The van der Waals surface area contributed by atoms with Gasteiger partial charge in [-0.2, -0.15) is 5.10 Å². The highest BCUT2D eigenvalue weighted by Crippen LogP contribution is 2.40. The Labute approximate surface area is 162 Å². The van der Waals surface area contributed by atoms with Gasteiger partial charge in [0.15, 0.2) is 0 Å². The topological polar surface area (TPSA) is 108 Å². The Morgan fingerprint density at radius 1 is 1.21 bits per heavy atom. The molecular formula is C19H19N5O3S. The van der Waals surface area contributed by atoms with Gasteiger partial charge in [0.1, 0.15) is 12.2 Å². The molecule has 28 heavy (non-hydrogen) atoms. The summed E-state index contributed by atoms with van der Waals surface area (Å²) >= 11 is 0. The summed E-state index contributed by atoms with van der Waals surface area (Å²) in [6, 6.07) is 12.5. The van der Waals surface area contributed by atoms with Gasteiger partial charge in [-0.1, -0.05) is 17.7 Å². The molecule has 1 atom stereocenters. The molecule has 2 aromatic carbocycles. The molecule has 2 heterocycles. The van der Waals surface area contributed by atoms with E-state index in [1.165, 1.54) is 10.6 Å². The molecule has 0 radical (unpaired) electrons. The van der Waals surface area contributed by atoms with E-state index in [-0.39, 0.29) is 18.4 Å². The molecule has 0 saturated heterocycles. The van der Waals surface area contributed by atoms with Crippen molar-refractivity contribution >= 4 is 27.3 Å². The molecule has 1 aliphatic heterocycles. The highest BCUT2D eigenvalue weighted by molar-refractivity contribution is 7.92. The number of nitrogens with one attached hydrogen (secondary N) is 2. The fraction of sp³-hybridized carbons (Fsp3) is 0.211. The van der Waals surface area contributed by atoms with Crippen LogP contribution >= 0.6 is 0 Å². The molecule has 0 bridgehead atoms. The van der Waals surface area contributed by atoms with Crippen molar-refractivity contribution in [1.82, 2.24) is 15.2 Å². The predicted molar refractivity (Wildman–Crippen MR) is 106 cm³/mol. The third kappa shape index (κ3) is 3.36. The average Bonchev–Trinajstić information content (AvgIpc) is 3.29. The molecule has 8 nitrogen and oxygen atoms in total. The summed E-state index contributed by atoms with van der Waals surface area (Å²) < 4.78 is 25.7. The second-order valence-corrected chi connectivity index (χ2v) is 8.72. The maximum atomic E-state index is 12.7. The van der Waals surface area contributed by atoms with Crippen molar-refractivity contribution in [3.8, 4) is 0 Å². The molecule has 1 aliphatic rings. The normalized spacial score (nSPS) is 16.1. The number of hydrogen-bond acceptors (Lipinski definition) is 5. The minimum atomic E-state index is -3.45. The van der Waals surface area contributed by atoms with Gasteiger partial charge in [0.05, 0.1) is 17.9 Å². The molecular weight excluding hydrogens is 378 g/mol. The molecule has 0 spiro atoms. The van der Waals surface area contributed by atoms with Gasteiger partial charge in [-0.25, -0.2) is 13.4 Å². The summed E-state index contributed by atoms with van der Waals surface area (Å²) in [6.45, 7) is 2.19. The number of rotatable bonds is 4. The van der Waals surface area contributed by atoms with Crippen LogP contribution in [0.1, 0.15) is 33.2 Å². The van der Waals surface area contributed by atoms with Crippen LogP contribution in [0.15, 0.2) is 48.8 Å². The van der Waals surface area contributed by atoms with Crippen molar-refractivity contribution in [1.29, 1.82) is 0 Å². The first-order valence-electron chi connectivity index (χ1n) is 8.68. The van der Waals surface area contributed by atoms with E-state index in [9.17, 15) is 13.2 Å². The highest BCUT2D eigenvalue weighted by Gasteiger charge is 2.36. The standard InChI is InChI=1S/C19H19N5O3S/c1-12-3-6-14(7-4-12)22-19(25)13-5-8-17-15(9-13)16(18-20-11-21-23-18)10-24(17)28(2,26)27/h3-9,11,16H,10H2,1-2H3,(H,22,25)(H,20,21,23). The van der Waals surface area contributed by atoms with Crippen molar-refractivity contribution in [2.24, 2.45) is 0 Å². The summed E-state index contributed by atoms with van der Waals surface area (Å²) in [7, 11) is -3.45. The van der Waals surface area contributed by atoms with Crippen molar-refractivity contribution in [2.45, 2.75) is 12.8 Å². The smallest absolute Gasteiger partial charge is 0.255 e. The molecule has 0 aliphatic carbocycles. The molecule has 144 valence electrons. The molecule has 1 aromatic heterocycles. The van der Waals surface area contributed by atoms with E-state index in [0.717, 1.165) is 17.4 Å². The fourth-order valence-corrected chi connectivity index (χ4v) is 4.28. The number of aromatic nitrogens is 3. The Balaban J connectivity index is 1.70. The van der Waals surface area contributed by atoms with E-state index in [2.05, 4.69) is 20.5 Å². The van der Waals surface area contributed by atoms with Gasteiger partial charge >= 0.3 is 0 Å². The van der Waals surface area contributed by atoms with Crippen molar-refractivity contribution in [2.75, 3.05) is 22.4 Å². The van der Waals surface area contributed by atoms with Crippen LogP contribution in [-0.2, 0) is 10.0 Å². The number of aromatic amines is 1. The Morgan fingerprint density at radius 2 is 1.96 bits per heavy atom. The first-order chi connectivity index (χ1) is 13.3. The number of sulfonamides is 1. The van der Waals surface area contributed by atoms with E-state index in [4.69, 9.17) is 0 Å². The van der Waals surface area contributed by atoms with Gasteiger partial charge in [0.2, 0.25) is 10.0 Å². The summed E-state index contributed by atoms with van der Waals surface area (Å²) in [4.78, 5) is 16.9. The number of fused-ring (bicyclic) bond motifs is 1. The van der Waals surface area contributed by atoms with Crippen LogP contribution in [0, 0.1) is 6.92 Å². The molecule has 0 saturated carbocycles. The van der Waals surface area contributed by atoms with Crippen LogP contribution in [0.3, 0.4) is 0 Å². The number of anilines is 2. The van der Waals surface area contributed by atoms with E-state index >= 15 is 0 Å². The maximum Gasteiger partial charge on any atom is 0.255 e. The van der Waals surface area contributed by atoms with Gasteiger partial charge in [0.25, 0.3) is 5.91 Å². The molecule has 1 amide bonds. The lowest BCUT2D eigenvalue weighted by Crippen LogP contribution is -2.29. The third-order valence-corrected chi connectivity index (χ3v) is 5.90. The summed E-state index contributed by atoms with van der Waals surface area (Å²) in [5.74, 6) is -0.0244. The number of hydrogen-bond donors (Lipinski definition) is 2. The van der Waals surface area contributed by atoms with Crippen LogP contribution in [0.25, 0.3) is 0 Å². The summed E-state index contributed by atoms with van der Waals surface area (Å²) in [6.07, 6.45) is 2.55. The number of aryl methyl sites for hydroxylation is 1. The molecule has 0 fully saturated rings. The Hall–Kier alpha value is -3.20. The zero-order valence-corrected chi connectivity index (χ0v) is 16.2. The first-order valence-corrected chi connectivity index (χ1v) is 10.5. The molecule has 3 aromatic rings. The Bertz CT molecular complexity index is 1120. The third-order valence-electron chi connectivity index (χ3n) is 4.76. The van der Waals surface area contributed by atoms with E-state index in [1.807, 2.05) is 31.2 Å². The minimum Gasteiger partial charge on any atom is -0.322 e. The van der Waals surface area contributed by atoms with Gasteiger partial charge in [-0.05, 0) is 42.8 Å². The number of H-pyrrole nitrogens is 1. The largest absolute Gasteiger partial charge is 0.322 e. The lowest BCUT2D eigenvalue weighted by Gasteiger charge is -2.16. The SMILES string of the molecule is Cc1ccc(NC(=O)c2ccc3c(c2)C(c2ncn[nH]2)CN3S(C)(=O)=O)cc1. The van der Waals surface area contributed by atoms with Crippen molar-refractivity contribution < 1.29 is 13.2 Å². The Kier molecular flexibility index (Phi) is 4.38. The van der Waals surface area contributed by atoms with Gasteiger partial charge in [-0.15, -0.1) is 0 Å². The van der Waals surface area contributed by atoms with Crippen LogP contribution in [-0.4, -0.2) is 42.3 Å². The van der Waals surface area contributed by atoms with Crippen molar-refractivity contribution in [3.05, 3.63) is 71.3 Å². The first kappa shape index (κ1) is 18.2. The molecule has 1 unspecified atom stereocenters. The zero-order valence-electron chi connectivity index (χ0n) is 15.4. The summed E-state index contributed by atoms with van der Waals surface area (Å²) in [5, 5.41) is 9.53. The average molecular weight is 397 g/mol. The quantitative estimate of drug-likeness (QED) is 0.702. The second kappa shape index (κ2) is 6.75. The minimum absolute atomic E-state index is 0.215. The Morgan fingerprint density at radius 3 is 2.61 bits per heavy atom. The lowest BCUT2D eigenvalue weighted by atomic mass is 9.98. The predicted octanol–water partition coefficient (Wildman–Crippen LogP) is 2.28. The molecule has 9 heteroatoms. The van der Waals surface area contributed by atoms with E-state index in [0.29, 0.717) is 22.8 Å². The number of carbonyl (C=O) groups is 1. The maximum absolute atomic E-state index is 12.7. The molecule has 4 rings (SSSR count). The van der Waals surface area contributed by atoms with E-state index in [1.54, 1.807) is 18.2 Å². The van der Waals surface area contributed by atoms with Gasteiger partial charge in [-0.3, -0.25) is 14.2 Å². The lowest BCUT2D eigenvalue weighted by molar-refractivity contribution is 0.102. The van der Waals surface area contributed by atoms with Crippen molar-refractivity contribution in [3.63, 3.8) is 0 Å². The number of carbonyl (C=O) groups excluding carboxylic acids is 1. The number of amides is 1. The van der Waals surface area contributed by atoms with Gasteiger partial charge < -0.3 is 5.32 Å². The zero-order chi connectivity index (χ0) is 19.9. The number of nitrogens with zero attached hydrogens (tertiary/aromatic N) is 3. The number of benzene rings is 2. The molecule has 2 N–H and O–H groups in total. The van der Waals surface area contributed by atoms with Crippen LogP contribution < -0.4 is 9.62 Å². The monoisotopic (exact) mass is 397 g/mol. The highest BCUT2D eigenvalue weighted by atomic mass is 32.2. The summed E-state index contributed by atoms with van der Waals surface area (Å²) in [5.41, 5.74) is 3.51. The second-order valence-electron chi connectivity index (χ2n) is 6.81. The fourth-order valence-electron chi connectivity index (χ4n) is 3.34. The van der Waals surface area contributed by atoms with Crippen LogP contribution in [0.2, 0.25) is 0 Å². The van der Waals surface area contributed by atoms with E-state index < -0.39 is 10.0 Å². The van der Waals surface area contributed by atoms with Crippen LogP contribution in [0.5, 0.6) is 0 Å². The van der Waals surface area contributed by atoms with Gasteiger partial charge in [0, 0.05) is 17.8 Å².